The number of rotatable bonds is 10. The SMILES string of the molecule is CCCOC(=O)c1ccc(N2C[C@@H](C(=O)OCC(=O)c3ccc(OC(=O)c4ccc(Br)cc4)cc3)CC2=O)cc1. The average molecular weight is 608 g/mol. The summed E-state index contributed by atoms with van der Waals surface area (Å²) in [6, 6.07) is 19.0. The molecular formula is C30H26BrNO8. The quantitative estimate of drug-likeness (QED) is 0.179. The Morgan fingerprint density at radius 3 is 2.08 bits per heavy atom. The summed E-state index contributed by atoms with van der Waals surface area (Å²) in [6.07, 6.45) is 0.665. The fourth-order valence-corrected chi connectivity index (χ4v) is 4.23. The van der Waals surface area contributed by atoms with Gasteiger partial charge in [-0.15, -0.1) is 0 Å². The van der Waals surface area contributed by atoms with Crippen molar-refractivity contribution in [2.24, 2.45) is 5.92 Å². The van der Waals surface area contributed by atoms with Crippen LogP contribution in [0.2, 0.25) is 0 Å². The molecular weight excluding hydrogens is 582 g/mol. The van der Waals surface area contributed by atoms with E-state index in [1.54, 1.807) is 48.5 Å². The van der Waals surface area contributed by atoms with Gasteiger partial charge < -0.3 is 19.1 Å². The van der Waals surface area contributed by atoms with Gasteiger partial charge in [-0.25, -0.2) is 9.59 Å². The van der Waals surface area contributed by atoms with E-state index in [9.17, 15) is 24.0 Å². The number of nitrogens with zero attached hydrogens (tertiary/aromatic N) is 1. The smallest absolute Gasteiger partial charge is 0.343 e. The Hall–Kier alpha value is -4.31. The minimum atomic E-state index is -0.727. The first kappa shape index (κ1) is 28.7. The van der Waals surface area contributed by atoms with Crippen LogP contribution in [-0.2, 0) is 19.1 Å². The molecule has 9 nitrogen and oxygen atoms in total. The van der Waals surface area contributed by atoms with Gasteiger partial charge in [-0.2, -0.15) is 0 Å². The van der Waals surface area contributed by atoms with Crippen LogP contribution in [0.15, 0.2) is 77.3 Å². The lowest BCUT2D eigenvalue weighted by Gasteiger charge is -2.17. The standard InChI is InChI=1S/C30H26BrNO8/c1-2-15-38-28(35)20-5-11-24(12-6-20)32-17-22(16-27(32)34)29(36)39-18-26(33)19-7-13-25(14-8-19)40-30(37)21-3-9-23(31)10-4-21/h3-14,22H,2,15-18H2,1H3/t22-/m0/s1. The van der Waals surface area contributed by atoms with Crippen LogP contribution in [-0.4, -0.2) is 49.4 Å². The van der Waals surface area contributed by atoms with E-state index in [2.05, 4.69) is 15.9 Å². The van der Waals surface area contributed by atoms with Gasteiger partial charge in [0.05, 0.1) is 23.7 Å². The van der Waals surface area contributed by atoms with E-state index in [1.165, 1.54) is 29.2 Å². The maximum atomic E-state index is 12.6. The lowest BCUT2D eigenvalue weighted by atomic mass is 10.1. The van der Waals surface area contributed by atoms with Crippen molar-refractivity contribution in [3.8, 4) is 5.75 Å². The van der Waals surface area contributed by atoms with Crippen LogP contribution in [0.3, 0.4) is 0 Å². The van der Waals surface area contributed by atoms with Gasteiger partial charge in [-0.1, -0.05) is 22.9 Å². The molecule has 1 aliphatic heterocycles. The highest BCUT2D eigenvalue weighted by Gasteiger charge is 2.36. The van der Waals surface area contributed by atoms with E-state index in [-0.39, 0.29) is 30.2 Å². The zero-order chi connectivity index (χ0) is 28.6. The number of esters is 3. The number of anilines is 1. The van der Waals surface area contributed by atoms with Gasteiger partial charge in [0.25, 0.3) is 0 Å². The van der Waals surface area contributed by atoms with E-state index >= 15 is 0 Å². The van der Waals surface area contributed by atoms with Gasteiger partial charge in [0.1, 0.15) is 5.75 Å². The Kier molecular flexibility index (Phi) is 9.44. The van der Waals surface area contributed by atoms with Gasteiger partial charge in [0, 0.05) is 28.7 Å². The zero-order valence-electron chi connectivity index (χ0n) is 21.6. The van der Waals surface area contributed by atoms with Crippen LogP contribution in [0.1, 0.15) is 50.8 Å². The van der Waals surface area contributed by atoms with Crippen molar-refractivity contribution in [1.29, 1.82) is 0 Å². The van der Waals surface area contributed by atoms with Gasteiger partial charge in [0.15, 0.2) is 12.4 Å². The number of carbonyl (C=O) groups is 5. The molecule has 1 aliphatic rings. The summed E-state index contributed by atoms with van der Waals surface area (Å²) in [7, 11) is 0. The molecule has 1 fully saturated rings. The van der Waals surface area contributed by atoms with Gasteiger partial charge in [-0.05, 0) is 79.2 Å². The Morgan fingerprint density at radius 1 is 0.825 bits per heavy atom. The number of ketones is 1. The molecule has 0 unspecified atom stereocenters. The van der Waals surface area contributed by atoms with Crippen molar-refractivity contribution in [1.82, 2.24) is 0 Å². The summed E-state index contributed by atoms with van der Waals surface area (Å²) in [4.78, 5) is 63.4. The van der Waals surface area contributed by atoms with E-state index in [4.69, 9.17) is 14.2 Å². The fourth-order valence-electron chi connectivity index (χ4n) is 3.97. The number of amides is 1. The van der Waals surface area contributed by atoms with Crippen LogP contribution < -0.4 is 9.64 Å². The summed E-state index contributed by atoms with van der Waals surface area (Å²) in [5.74, 6) is -2.79. The highest BCUT2D eigenvalue weighted by Crippen LogP contribution is 2.26. The first-order chi connectivity index (χ1) is 19.2. The van der Waals surface area contributed by atoms with Crippen LogP contribution in [0.4, 0.5) is 5.69 Å². The highest BCUT2D eigenvalue weighted by atomic mass is 79.9. The Bertz CT molecular complexity index is 1400. The Labute approximate surface area is 239 Å². The molecule has 0 aromatic heterocycles. The highest BCUT2D eigenvalue weighted by molar-refractivity contribution is 9.10. The number of hydrogen-bond donors (Lipinski definition) is 0. The minimum Gasteiger partial charge on any atom is -0.462 e. The molecule has 0 N–H and O–H groups in total. The van der Waals surface area contributed by atoms with Crippen molar-refractivity contribution >= 4 is 51.2 Å². The van der Waals surface area contributed by atoms with E-state index in [0.717, 1.165) is 4.47 Å². The first-order valence-electron chi connectivity index (χ1n) is 12.6. The predicted molar refractivity (Wildman–Crippen MR) is 148 cm³/mol. The van der Waals surface area contributed by atoms with Crippen molar-refractivity contribution < 1.29 is 38.2 Å². The fraction of sp³-hybridized carbons (Fsp3) is 0.233. The number of hydrogen-bond acceptors (Lipinski definition) is 8. The lowest BCUT2D eigenvalue weighted by Crippen LogP contribution is -2.27. The van der Waals surface area contributed by atoms with Crippen molar-refractivity contribution in [3.63, 3.8) is 0 Å². The van der Waals surface area contributed by atoms with E-state index in [1.807, 2.05) is 6.92 Å². The third kappa shape index (κ3) is 7.20. The maximum absolute atomic E-state index is 12.6. The molecule has 40 heavy (non-hydrogen) atoms. The van der Waals surface area contributed by atoms with Gasteiger partial charge in [-0.3, -0.25) is 14.4 Å². The molecule has 3 aromatic carbocycles. The molecule has 0 aliphatic carbocycles. The number of halogens is 1. The number of benzene rings is 3. The van der Waals surface area contributed by atoms with Crippen molar-refractivity contribution in [2.75, 3.05) is 24.7 Å². The summed E-state index contributed by atoms with van der Waals surface area (Å²) in [5, 5.41) is 0. The van der Waals surface area contributed by atoms with E-state index in [0.29, 0.717) is 29.8 Å². The molecule has 3 aromatic rings. The molecule has 0 bridgehead atoms. The number of ether oxygens (including phenoxy) is 3. The molecule has 1 atom stereocenters. The third-order valence-electron chi connectivity index (χ3n) is 6.12. The molecule has 10 heteroatoms. The number of carbonyl (C=O) groups excluding carboxylic acids is 5. The molecule has 0 spiro atoms. The normalized spacial score (nSPS) is 14.5. The summed E-state index contributed by atoms with van der Waals surface area (Å²) < 4.78 is 16.5. The predicted octanol–water partition coefficient (Wildman–Crippen LogP) is 5.01. The van der Waals surface area contributed by atoms with E-state index < -0.39 is 36.2 Å². The molecule has 206 valence electrons. The van der Waals surface area contributed by atoms with Crippen LogP contribution in [0, 0.1) is 5.92 Å². The van der Waals surface area contributed by atoms with Crippen LogP contribution in [0.5, 0.6) is 5.75 Å². The second-order valence-electron chi connectivity index (χ2n) is 9.04. The number of Topliss-reactive ketones (excluding diaryl/α,β-unsaturated/α-hetero) is 1. The van der Waals surface area contributed by atoms with Crippen LogP contribution >= 0.6 is 15.9 Å². The Morgan fingerprint density at radius 2 is 1.43 bits per heavy atom. The molecule has 1 saturated heterocycles. The second-order valence-corrected chi connectivity index (χ2v) is 9.96. The third-order valence-corrected chi connectivity index (χ3v) is 6.65. The lowest BCUT2D eigenvalue weighted by molar-refractivity contribution is -0.147. The summed E-state index contributed by atoms with van der Waals surface area (Å²) in [6.45, 7) is 1.84. The summed E-state index contributed by atoms with van der Waals surface area (Å²) in [5.41, 5.74) is 1.57. The van der Waals surface area contributed by atoms with Crippen LogP contribution in [0.25, 0.3) is 0 Å². The second kappa shape index (κ2) is 13.2. The first-order valence-corrected chi connectivity index (χ1v) is 13.4. The topological polar surface area (TPSA) is 116 Å². The van der Waals surface area contributed by atoms with Gasteiger partial charge >= 0.3 is 17.9 Å². The molecule has 0 radical (unpaired) electrons. The van der Waals surface area contributed by atoms with Crippen molar-refractivity contribution in [2.45, 2.75) is 19.8 Å². The molecule has 0 saturated carbocycles. The average Bonchev–Trinajstić information content (AvgIpc) is 3.36. The minimum absolute atomic E-state index is 0.0499. The van der Waals surface area contributed by atoms with Crippen molar-refractivity contribution in [3.05, 3.63) is 94.0 Å². The van der Waals surface area contributed by atoms with Gasteiger partial charge in [0.2, 0.25) is 5.91 Å². The maximum Gasteiger partial charge on any atom is 0.343 e. The molecule has 4 rings (SSSR count). The monoisotopic (exact) mass is 607 g/mol. The molecule has 1 heterocycles. The summed E-state index contributed by atoms with van der Waals surface area (Å²) >= 11 is 3.30. The Balaban J connectivity index is 1.27. The molecule has 1 amide bonds. The largest absolute Gasteiger partial charge is 0.462 e. The zero-order valence-corrected chi connectivity index (χ0v) is 23.2.